The van der Waals surface area contributed by atoms with Crippen molar-refractivity contribution in [2.75, 3.05) is 41.5 Å². The number of hydrogen-bond donors (Lipinski definition) is 3. The fraction of sp³-hybridized carbons (Fsp3) is 0.179. The Morgan fingerprint density at radius 1 is 0.560 bits per heavy atom. The molecule has 2 aromatic carbocycles. The van der Waals surface area contributed by atoms with E-state index < -0.39 is 5.97 Å². The van der Waals surface area contributed by atoms with Gasteiger partial charge in [0.05, 0.1) is 45.4 Å². The number of aromatic carboxylic acids is 1. The molecule has 0 aliphatic carbocycles. The Balaban J connectivity index is 0.000000174. The topological polar surface area (TPSA) is 241 Å². The van der Waals surface area contributed by atoms with E-state index in [1.807, 2.05) is 91.1 Å². The molecule has 10 rings (SSSR count). The number of methoxy groups -OCH3 is 4. The van der Waals surface area contributed by atoms with Gasteiger partial charge >= 0.3 is 5.97 Å². The monoisotopic (exact) mass is 1010 g/mol. The molecule has 380 valence electrons. The van der Waals surface area contributed by atoms with Crippen LogP contribution >= 0.6 is 0 Å². The van der Waals surface area contributed by atoms with Gasteiger partial charge in [-0.25, -0.2) is 33.8 Å². The molecule has 0 spiro atoms. The number of carboxylic acid groups (broad SMARTS) is 1. The van der Waals surface area contributed by atoms with E-state index >= 15 is 0 Å². The molecule has 0 unspecified atom stereocenters. The van der Waals surface area contributed by atoms with Gasteiger partial charge in [-0.3, -0.25) is 14.8 Å². The lowest BCUT2D eigenvalue weighted by Gasteiger charge is -2.11. The summed E-state index contributed by atoms with van der Waals surface area (Å²) in [6, 6.07) is 33.3. The first kappa shape index (κ1) is 51.7. The van der Waals surface area contributed by atoms with Gasteiger partial charge in [-0.05, 0) is 115 Å². The van der Waals surface area contributed by atoms with Gasteiger partial charge < -0.3 is 35.1 Å². The van der Waals surface area contributed by atoms with E-state index in [4.69, 9.17) is 34.9 Å². The minimum atomic E-state index is -0.963. The van der Waals surface area contributed by atoms with Crippen LogP contribution in [0.2, 0.25) is 0 Å². The van der Waals surface area contributed by atoms with Crippen molar-refractivity contribution in [2.24, 2.45) is 5.73 Å². The van der Waals surface area contributed by atoms with E-state index in [9.17, 15) is 9.59 Å². The fourth-order valence-electron chi connectivity index (χ4n) is 7.89. The molecular formula is C56H54N12O7. The summed E-state index contributed by atoms with van der Waals surface area (Å²) in [5.74, 6) is 0.921. The molecule has 19 nitrogen and oxygen atoms in total. The molecule has 0 radical (unpaired) electrons. The average molecular weight is 1010 g/mol. The van der Waals surface area contributed by atoms with Crippen LogP contribution < -0.4 is 30.0 Å². The summed E-state index contributed by atoms with van der Waals surface area (Å²) in [6.45, 7) is 1.26. The van der Waals surface area contributed by atoms with Crippen LogP contribution in [0.5, 0.6) is 23.3 Å². The Labute approximate surface area is 432 Å². The summed E-state index contributed by atoms with van der Waals surface area (Å²) in [5, 5.41) is 21.4. The van der Waals surface area contributed by atoms with Crippen LogP contribution in [0.15, 0.2) is 159 Å². The minimum Gasteiger partial charge on any atom is -0.491 e. The number of ether oxygens (including phenoxy) is 4. The molecule has 0 fully saturated rings. The van der Waals surface area contributed by atoms with Gasteiger partial charge in [0.1, 0.15) is 0 Å². The van der Waals surface area contributed by atoms with Gasteiger partial charge in [-0.1, -0.05) is 24.3 Å². The van der Waals surface area contributed by atoms with Crippen LogP contribution in [0.1, 0.15) is 54.4 Å². The van der Waals surface area contributed by atoms with Crippen molar-refractivity contribution in [1.82, 2.24) is 54.4 Å². The van der Waals surface area contributed by atoms with Crippen LogP contribution in [-0.4, -0.2) is 108 Å². The largest absolute Gasteiger partial charge is 0.491 e. The van der Waals surface area contributed by atoms with Crippen LogP contribution in [0.4, 0.5) is 0 Å². The molecule has 4 N–H and O–H groups in total. The quantitative estimate of drug-likeness (QED) is 0.0802. The number of benzene rings is 2. The van der Waals surface area contributed by atoms with E-state index in [1.165, 1.54) is 5.56 Å². The standard InChI is InChI=1S/C28H26N6O3.C21H18N4O4.C7H10N2/c1-36-25-8-7-23(32-28(25)37-2)17-22-18-24(33-34-16-15-30-26(22)34)20-3-5-21(6-4-20)27(35)31-14-11-19-9-12-29-13-10-19;1-28-18-8-7-16(23-20(18)29-2)11-15-12-17(24-25-10-9-22-19(15)25)13-3-5-14(6-4-13)21(26)27;8-4-1-7-2-5-9-6-3-7/h3-10,12-13,15-16,18H,11,14,17H2,1-2H3,(H,31,35);3-10,12H,11H2,1-2H3,(H,26,27);2-3,5-6H,1,4,8H2. The van der Waals surface area contributed by atoms with Crippen molar-refractivity contribution in [2.45, 2.75) is 25.7 Å². The highest BCUT2D eigenvalue weighted by atomic mass is 16.5. The SMILES string of the molecule is COc1ccc(Cc2cc(-c3ccc(C(=O)NCCc4ccncc4)cc3)nn3ccnc23)nc1OC.COc1ccc(Cc2cc(-c3ccc(C(=O)O)cc3)nn3ccnc23)nc1OC.NCCc1ccncc1. The molecular weight excluding hydrogens is 953 g/mol. The summed E-state index contributed by atoms with van der Waals surface area (Å²) in [7, 11) is 6.27. The number of carbonyl (C=O) groups excluding carboxylic acids is 1. The normalized spacial score (nSPS) is 10.7. The second-order valence-electron chi connectivity index (χ2n) is 16.6. The first-order chi connectivity index (χ1) is 36.7. The lowest BCUT2D eigenvalue weighted by atomic mass is 10.0. The van der Waals surface area contributed by atoms with Gasteiger partial charge in [-0.2, -0.15) is 10.2 Å². The fourth-order valence-corrected chi connectivity index (χ4v) is 7.89. The van der Waals surface area contributed by atoms with Crippen molar-refractivity contribution in [1.29, 1.82) is 0 Å². The number of rotatable bonds is 17. The maximum absolute atomic E-state index is 12.6. The zero-order valence-electron chi connectivity index (χ0n) is 41.7. The molecule has 75 heavy (non-hydrogen) atoms. The number of imidazole rings is 2. The molecule has 0 atom stereocenters. The molecule has 0 saturated heterocycles. The molecule has 0 saturated carbocycles. The van der Waals surface area contributed by atoms with E-state index in [-0.39, 0.29) is 11.5 Å². The zero-order chi connectivity index (χ0) is 52.5. The van der Waals surface area contributed by atoms with E-state index in [1.54, 1.807) is 105 Å². The summed E-state index contributed by atoms with van der Waals surface area (Å²) in [5.41, 5.74) is 16.7. The van der Waals surface area contributed by atoms with Crippen LogP contribution in [0, 0.1) is 0 Å². The van der Waals surface area contributed by atoms with Crippen molar-refractivity contribution < 1.29 is 33.6 Å². The minimum absolute atomic E-state index is 0.112. The molecule has 8 aromatic heterocycles. The predicted molar refractivity (Wildman–Crippen MR) is 281 cm³/mol. The third-order valence-electron chi connectivity index (χ3n) is 11.7. The highest BCUT2D eigenvalue weighted by Gasteiger charge is 2.16. The zero-order valence-corrected chi connectivity index (χ0v) is 41.7. The molecule has 10 aromatic rings. The average Bonchev–Trinajstić information content (AvgIpc) is 4.15. The van der Waals surface area contributed by atoms with Crippen LogP contribution in [0.3, 0.4) is 0 Å². The van der Waals surface area contributed by atoms with Gasteiger partial charge in [0.2, 0.25) is 0 Å². The number of pyridine rings is 4. The van der Waals surface area contributed by atoms with Crippen molar-refractivity contribution in [3.63, 3.8) is 0 Å². The molecule has 0 aliphatic rings. The molecule has 8 heterocycles. The highest BCUT2D eigenvalue weighted by Crippen LogP contribution is 2.29. The number of carbonyl (C=O) groups is 2. The second kappa shape index (κ2) is 25.2. The number of nitrogens with zero attached hydrogens (tertiary/aromatic N) is 10. The maximum Gasteiger partial charge on any atom is 0.335 e. The van der Waals surface area contributed by atoms with Gasteiger partial charge in [0.15, 0.2) is 22.8 Å². The van der Waals surface area contributed by atoms with Crippen molar-refractivity contribution in [3.05, 3.63) is 204 Å². The summed E-state index contributed by atoms with van der Waals surface area (Å²) in [4.78, 5) is 49.6. The van der Waals surface area contributed by atoms with E-state index in [0.717, 1.165) is 69.0 Å². The molecule has 19 heteroatoms. The first-order valence-corrected chi connectivity index (χ1v) is 23.7. The number of nitrogens with one attached hydrogen (secondary N) is 1. The Kier molecular flexibility index (Phi) is 17.4. The maximum atomic E-state index is 12.6. The summed E-state index contributed by atoms with van der Waals surface area (Å²) in [6.07, 6.45) is 16.8. The second-order valence-corrected chi connectivity index (χ2v) is 16.6. The van der Waals surface area contributed by atoms with Gasteiger partial charge in [-0.15, -0.1) is 0 Å². The number of fused-ring (bicyclic) bond motifs is 2. The molecule has 0 bridgehead atoms. The first-order valence-electron chi connectivity index (χ1n) is 23.7. The Bertz CT molecular complexity index is 3480. The van der Waals surface area contributed by atoms with Gasteiger partial charge in [0.25, 0.3) is 17.7 Å². The van der Waals surface area contributed by atoms with E-state index in [2.05, 4.69) is 40.3 Å². The van der Waals surface area contributed by atoms with E-state index in [0.29, 0.717) is 60.4 Å². The molecule has 0 aliphatic heterocycles. The smallest absolute Gasteiger partial charge is 0.335 e. The molecule has 1 amide bonds. The highest BCUT2D eigenvalue weighted by molar-refractivity contribution is 5.94. The lowest BCUT2D eigenvalue weighted by Crippen LogP contribution is -2.25. The van der Waals surface area contributed by atoms with Crippen molar-refractivity contribution >= 4 is 23.2 Å². The number of carboxylic acids is 1. The third-order valence-corrected chi connectivity index (χ3v) is 11.7. The number of amides is 1. The predicted octanol–water partition coefficient (Wildman–Crippen LogP) is 7.45. The number of nitrogens with two attached hydrogens (primary N) is 1. The van der Waals surface area contributed by atoms with Gasteiger partial charge in [0, 0.05) is 108 Å². The lowest BCUT2D eigenvalue weighted by molar-refractivity contribution is 0.0696. The number of hydrogen-bond acceptors (Lipinski definition) is 15. The Morgan fingerprint density at radius 2 is 1.01 bits per heavy atom. The number of aromatic nitrogens is 10. The summed E-state index contributed by atoms with van der Waals surface area (Å²) < 4.78 is 24.7. The summed E-state index contributed by atoms with van der Waals surface area (Å²) >= 11 is 0. The van der Waals surface area contributed by atoms with Crippen LogP contribution in [-0.2, 0) is 25.7 Å². The Morgan fingerprint density at radius 3 is 1.44 bits per heavy atom. The Hall–Kier alpha value is -9.62. The van der Waals surface area contributed by atoms with Crippen LogP contribution in [0.25, 0.3) is 33.8 Å². The van der Waals surface area contributed by atoms with Crippen molar-refractivity contribution in [3.8, 4) is 45.8 Å². The third kappa shape index (κ3) is 13.3.